The van der Waals surface area contributed by atoms with Crippen LogP contribution in [0.25, 0.3) is 11.3 Å². The number of carbonyl (C=O) groups is 1. The third-order valence-electron chi connectivity index (χ3n) is 4.85. The standard InChI is InChI=1S/C22H23N5O2/c1-29-20-7-3-2-5-17(20)19-13-21(25-14-24-19)26-15-8-10-16(11-9-15)27-22(28)18-6-4-12-23-18/h2-3,5,7-11,13-14,18,23H,4,6,12H2,1H3,(H,27,28)(H,24,25,26)/t18-/m1/s1. The van der Waals surface area contributed by atoms with Crippen molar-refractivity contribution in [1.29, 1.82) is 0 Å². The smallest absolute Gasteiger partial charge is 0.241 e. The highest BCUT2D eigenvalue weighted by atomic mass is 16.5. The average Bonchev–Trinajstić information content (AvgIpc) is 3.30. The van der Waals surface area contributed by atoms with Crippen molar-refractivity contribution in [1.82, 2.24) is 15.3 Å². The Morgan fingerprint density at radius 3 is 2.66 bits per heavy atom. The van der Waals surface area contributed by atoms with E-state index in [9.17, 15) is 4.79 Å². The summed E-state index contributed by atoms with van der Waals surface area (Å²) in [6.07, 6.45) is 3.44. The molecule has 7 nitrogen and oxygen atoms in total. The van der Waals surface area contributed by atoms with E-state index in [4.69, 9.17) is 4.74 Å². The number of hydrogen-bond donors (Lipinski definition) is 3. The van der Waals surface area contributed by atoms with Gasteiger partial charge in [0.15, 0.2) is 0 Å². The van der Waals surface area contributed by atoms with Crippen molar-refractivity contribution >= 4 is 23.1 Å². The molecule has 1 aliphatic heterocycles. The molecule has 2 heterocycles. The fourth-order valence-corrected chi connectivity index (χ4v) is 3.35. The molecule has 29 heavy (non-hydrogen) atoms. The van der Waals surface area contributed by atoms with E-state index in [0.717, 1.165) is 47.8 Å². The highest BCUT2D eigenvalue weighted by Crippen LogP contribution is 2.29. The molecule has 3 aromatic rings. The van der Waals surface area contributed by atoms with Crippen molar-refractivity contribution in [3.05, 3.63) is 60.9 Å². The molecule has 1 saturated heterocycles. The lowest BCUT2D eigenvalue weighted by atomic mass is 10.1. The van der Waals surface area contributed by atoms with E-state index in [1.165, 1.54) is 6.33 Å². The summed E-state index contributed by atoms with van der Waals surface area (Å²) < 4.78 is 5.42. The zero-order chi connectivity index (χ0) is 20.1. The maximum Gasteiger partial charge on any atom is 0.241 e. The molecular weight excluding hydrogens is 366 g/mol. The molecule has 0 saturated carbocycles. The number of amides is 1. The number of hydrogen-bond acceptors (Lipinski definition) is 6. The summed E-state index contributed by atoms with van der Waals surface area (Å²) in [7, 11) is 1.64. The SMILES string of the molecule is COc1ccccc1-c1cc(Nc2ccc(NC(=O)[C@H]3CCCN3)cc2)ncn1. The number of para-hydroxylation sites is 1. The van der Waals surface area contributed by atoms with Crippen molar-refractivity contribution < 1.29 is 9.53 Å². The van der Waals surface area contributed by atoms with E-state index in [2.05, 4.69) is 25.9 Å². The van der Waals surface area contributed by atoms with E-state index in [1.54, 1.807) is 7.11 Å². The molecular formula is C22H23N5O2. The van der Waals surface area contributed by atoms with Crippen LogP contribution in [0.15, 0.2) is 60.9 Å². The minimum atomic E-state index is -0.0952. The summed E-state index contributed by atoms with van der Waals surface area (Å²) in [5.41, 5.74) is 3.31. The molecule has 0 bridgehead atoms. The molecule has 4 rings (SSSR count). The van der Waals surface area contributed by atoms with Gasteiger partial charge >= 0.3 is 0 Å². The maximum absolute atomic E-state index is 12.2. The summed E-state index contributed by atoms with van der Waals surface area (Å²) in [4.78, 5) is 20.9. The van der Waals surface area contributed by atoms with E-state index in [1.807, 2.05) is 54.6 Å². The molecule has 3 N–H and O–H groups in total. The van der Waals surface area contributed by atoms with Crippen molar-refractivity contribution in [2.75, 3.05) is 24.3 Å². The number of benzene rings is 2. The third-order valence-corrected chi connectivity index (χ3v) is 4.85. The van der Waals surface area contributed by atoms with Crippen LogP contribution in [0.1, 0.15) is 12.8 Å². The van der Waals surface area contributed by atoms with E-state index >= 15 is 0 Å². The fourth-order valence-electron chi connectivity index (χ4n) is 3.35. The quantitative estimate of drug-likeness (QED) is 0.597. The number of rotatable bonds is 6. The molecule has 1 fully saturated rings. The van der Waals surface area contributed by atoms with Gasteiger partial charge in [-0.25, -0.2) is 9.97 Å². The van der Waals surface area contributed by atoms with Crippen LogP contribution in [0.4, 0.5) is 17.2 Å². The average molecular weight is 389 g/mol. The first kappa shape index (κ1) is 18.9. The van der Waals surface area contributed by atoms with Crippen molar-refractivity contribution in [3.63, 3.8) is 0 Å². The minimum absolute atomic E-state index is 0.0143. The number of aromatic nitrogens is 2. The third kappa shape index (κ3) is 4.52. The highest BCUT2D eigenvalue weighted by molar-refractivity contribution is 5.95. The Morgan fingerprint density at radius 2 is 1.90 bits per heavy atom. The summed E-state index contributed by atoms with van der Waals surface area (Å²) in [5.74, 6) is 1.45. The Morgan fingerprint density at radius 1 is 1.10 bits per heavy atom. The molecule has 0 unspecified atom stereocenters. The Bertz CT molecular complexity index is 985. The zero-order valence-electron chi connectivity index (χ0n) is 16.2. The Labute approximate surface area is 169 Å². The van der Waals surface area contributed by atoms with Crippen LogP contribution < -0.4 is 20.7 Å². The van der Waals surface area contributed by atoms with E-state index < -0.39 is 0 Å². The van der Waals surface area contributed by atoms with Gasteiger partial charge in [0.25, 0.3) is 0 Å². The van der Waals surface area contributed by atoms with Crippen molar-refractivity contribution in [2.45, 2.75) is 18.9 Å². The van der Waals surface area contributed by atoms with Crippen molar-refractivity contribution in [3.8, 4) is 17.0 Å². The van der Waals surface area contributed by atoms with Crippen LogP contribution in [0.2, 0.25) is 0 Å². The highest BCUT2D eigenvalue weighted by Gasteiger charge is 2.21. The van der Waals surface area contributed by atoms with Crippen LogP contribution in [0, 0.1) is 0 Å². The molecule has 1 aromatic heterocycles. The van der Waals surface area contributed by atoms with Gasteiger partial charge in [0.1, 0.15) is 17.9 Å². The second-order valence-corrected chi connectivity index (χ2v) is 6.83. The van der Waals surface area contributed by atoms with Gasteiger partial charge in [-0.15, -0.1) is 0 Å². The topological polar surface area (TPSA) is 88.2 Å². The molecule has 0 aliphatic carbocycles. The molecule has 0 spiro atoms. The van der Waals surface area contributed by atoms with Gasteiger partial charge in [0.2, 0.25) is 5.91 Å². The van der Waals surface area contributed by atoms with Crippen LogP contribution in [0.5, 0.6) is 5.75 Å². The van der Waals surface area contributed by atoms with Gasteiger partial charge in [-0.2, -0.15) is 0 Å². The van der Waals surface area contributed by atoms with Gasteiger partial charge in [0, 0.05) is 23.0 Å². The predicted molar refractivity (Wildman–Crippen MR) is 113 cm³/mol. The number of anilines is 3. The molecule has 1 aliphatic rings. The number of nitrogens with one attached hydrogen (secondary N) is 3. The molecule has 2 aromatic carbocycles. The lowest BCUT2D eigenvalue weighted by Gasteiger charge is -2.12. The first-order chi connectivity index (χ1) is 14.2. The van der Waals surface area contributed by atoms with Gasteiger partial charge in [0.05, 0.1) is 18.8 Å². The molecule has 1 amide bonds. The van der Waals surface area contributed by atoms with Crippen molar-refractivity contribution in [2.24, 2.45) is 0 Å². The van der Waals surface area contributed by atoms with E-state index in [0.29, 0.717) is 5.82 Å². The number of ether oxygens (including phenoxy) is 1. The number of methoxy groups -OCH3 is 1. The van der Waals surface area contributed by atoms with Crippen LogP contribution in [-0.2, 0) is 4.79 Å². The van der Waals surface area contributed by atoms with Gasteiger partial charge < -0.3 is 20.7 Å². The van der Waals surface area contributed by atoms with Crippen LogP contribution in [-0.4, -0.2) is 35.6 Å². The summed E-state index contributed by atoms with van der Waals surface area (Å²) in [6, 6.07) is 17.1. The molecule has 7 heteroatoms. The molecule has 148 valence electrons. The number of nitrogens with zero attached hydrogens (tertiary/aromatic N) is 2. The normalized spacial score (nSPS) is 15.7. The number of carbonyl (C=O) groups excluding carboxylic acids is 1. The minimum Gasteiger partial charge on any atom is -0.496 e. The fraction of sp³-hybridized carbons (Fsp3) is 0.227. The first-order valence-electron chi connectivity index (χ1n) is 9.60. The maximum atomic E-state index is 12.2. The summed E-state index contributed by atoms with van der Waals surface area (Å²) in [5, 5.41) is 9.42. The Kier molecular flexibility index (Phi) is 5.67. The monoisotopic (exact) mass is 389 g/mol. The first-order valence-corrected chi connectivity index (χ1v) is 9.60. The van der Waals surface area contributed by atoms with E-state index in [-0.39, 0.29) is 11.9 Å². The lowest BCUT2D eigenvalue weighted by molar-refractivity contribution is -0.117. The summed E-state index contributed by atoms with van der Waals surface area (Å²) >= 11 is 0. The second-order valence-electron chi connectivity index (χ2n) is 6.83. The Hall–Kier alpha value is -3.45. The lowest BCUT2D eigenvalue weighted by Crippen LogP contribution is -2.35. The second kappa shape index (κ2) is 8.70. The molecule has 0 radical (unpaired) electrons. The van der Waals surface area contributed by atoms with Gasteiger partial charge in [-0.05, 0) is 55.8 Å². The summed E-state index contributed by atoms with van der Waals surface area (Å²) in [6.45, 7) is 0.900. The van der Waals surface area contributed by atoms with Gasteiger partial charge in [-0.1, -0.05) is 12.1 Å². The Balaban J connectivity index is 1.45. The predicted octanol–water partition coefficient (Wildman–Crippen LogP) is 3.59. The van der Waals surface area contributed by atoms with Crippen LogP contribution >= 0.6 is 0 Å². The largest absolute Gasteiger partial charge is 0.496 e. The molecule has 1 atom stereocenters. The van der Waals surface area contributed by atoms with Crippen LogP contribution in [0.3, 0.4) is 0 Å². The zero-order valence-corrected chi connectivity index (χ0v) is 16.2. The van der Waals surface area contributed by atoms with Gasteiger partial charge in [-0.3, -0.25) is 4.79 Å².